The van der Waals surface area contributed by atoms with Gasteiger partial charge in [-0.25, -0.2) is 0 Å². The quantitative estimate of drug-likeness (QED) is 0.148. The number of benzene rings is 1. The molecule has 0 unspecified atom stereocenters. The average Bonchev–Trinajstić information content (AvgIpc) is 2.98. The minimum absolute atomic E-state index is 0.298. The zero-order valence-electron chi connectivity index (χ0n) is 25.0. The highest BCUT2D eigenvalue weighted by atomic mass is 16.7. The Hall–Kier alpha value is -1.91. The molecule has 4 nitrogen and oxygen atoms in total. The van der Waals surface area contributed by atoms with Crippen LogP contribution in [0, 0.1) is 5.92 Å². The highest BCUT2D eigenvalue weighted by Gasteiger charge is 2.23. The SMILES string of the molecule is CCCCCCCCCCCCC1COC(c2ccc(-c3ccc(OCCCCCCCC)cc3)nc2)OC1. The maximum absolute atomic E-state index is 6.08. The second-order valence-electron chi connectivity index (χ2n) is 11.5. The Bertz CT molecular complexity index is 843. The number of nitrogens with zero attached hydrogens (tertiary/aromatic N) is 1. The van der Waals surface area contributed by atoms with Crippen LogP contribution in [0.4, 0.5) is 0 Å². The van der Waals surface area contributed by atoms with Gasteiger partial charge in [0.15, 0.2) is 6.29 Å². The van der Waals surface area contributed by atoms with E-state index < -0.39 is 0 Å². The molecule has 0 radical (unpaired) electrons. The molecule has 1 fully saturated rings. The molecular weight excluding hydrogens is 482 g/mol. The van der Waals surface area contributed by atoms with E-state index in [2.05, 4.69) is 43.1 Å². The largest absolute Gasteiger partial charge is 0.494 e. The molecule has 1 aromatic heterocycles. The van der Waals surface area contributed by atoms with Gasteiger partial charge in [-0.05, 0) is 43.2 Å². The van der Waals surface area contributed by atoms with E-state index in [4.69, 9.17) is 14.2 Å². The predicted molar refractivity (Wildman–Crippen MR) is 163 cm³/mol. The first-order valence-corrected chi connectivity index (χ1v) is 16.2. The highest BCUT2D eigenvalue weighted by Crippen LogP contribution is 2.29. The Morgan fingerprint density at radius 2 is 1.23 bits per heavy atom. The molecule has 1 aromatic carbocycles. The van der Waals surface area contributed by atoms with Crippen LogP contribution in [0.1, 0.15) is 135 Å². The predicted octanol–water partition coefficient (Wildman–Crippen LogP) is 10.5. The summed E-state index contributed by atoms with van der Waals surface area (Å²) in [5, 5.41) is 0. The molecule has 4 heteroatoms. The van der Waals surface area contributed by atoms with Crippen LogP contribution < -0.4 is 4.74 Å². The van der Waals surface area contributed by atoms with E-state index in [0.717, 1.165) is 48.8 Å². The van der Waals surface area contributed by atoms with Gasteiger partial charge in [0.1, 0.15) is 5.75 Å². The van der Waals surface area contributed by atoms with Crippen molar-refractivity contribution in [1.29, 1.82) is 0 Å². The fourth-order valence-electron chi connectivity index (χ4n) is 5.33. The van der Waals surface area contributed by atoms with Crippen molar-refractivity contribution in [2.24, 2.45) is 5.92 Å². The van der Waals surface area contributed by atoms with E-state index in [-0.39, 0.29) is 6.29 Å². The molecule has 1 aliphatic heterocycles. The molecule has 0 amide bonds. The summed E-state index contributed by atoms with van der Waals surface area (Å²) in [6.07, 6.45) is 24.3. The van der Waals surface area contributed by atoms with Gasteiger partial charge in [0.25, 0.3) is 0 Å². The number of unbranched alkanes of at least 4 members (excludes halogenated alkanes) is 14. The fourth-order valence-corrected chi connectivity index (χ4v) is 5.33. The van der Waals surface area contributed by atoms with Crippen LogP contribution in [0.3, 0.4) is 0 Å². The normalized spacial score (nSPS) is 17.4. The van der Waals surface area contributed by atoms with Crippen molar-refractivity contribution < 1.29 is 14.2 Å². The molecule has 2 aromatic rings. The molecule has 0 bridgehead atoms. The lowest BCUT2D eigenvalue weighted by Crippen LogP contribution is -2.27. The van der Waals surface area contributed by atoms with Crippen LogP contribution >= 0.6 is 0 Å². The lowest BCUT2D eigenvalue weighted by atomic mass is 10.0. The third-order valence-electron chi connectivity index (χ3n) is 7.91. The molecule has 0 spiro atoms. The average molecular weight is 538 g/mol. The first-order valence-electron chi connectivity index (χ1n) is 16.2. The smallest absolute Gasteiger partial charge is 0.185 e. The maximum Gasteiger partial charge on any atom is 0.185 e. The Labute approximate surface area is 239 Å². The van der Waals surface area contributed by atoms with Gasteiger partial charge in [-0.15, -0.1) is 0 Å². The number of hydrogen-bond acceptors (Lipinski definition) is 4. The van der Waals surface area contributed by atoms with E-state index in [9.17, 15) is 0 Å². The number of rotatable bonds is 21. The van der Waals surface area contributed by atoms with Crippen molar-refractivity contribution in [3.63, 3.8) is 0 Å². The van der Waals surface area contributed by atoms with Crippen molar-refractivity contribution in [2.45, 2.75) is 129 Å². The Balaban J connectivity index is 1.27. The zero-order chi connectivity index (χ0) is 27.4. The maximum atomic E-state index is 6.08. The standard InChI is InChI=1S/C35H55NO3/c1-3-5-7-9-11-12-13-14-15-17-19-30-28-38-35(39-29-30)32-22-25-34(36-27-32)31-20-23-33(24-21-31)37-26-18-16-10-8-6-4-2/h20-25,27,30,35H,3-19,26,28-29H2,1-2H3. The zero-order valence-corrected chi connectivity index (χ0v) is 25.0. The second-order valence-corrected chi connectivity index (χ2v) is 11.5. The first kappa shape index (κ1) is 31.6. The molecule has 2 heterocycles. The van der Waals surface area contributed by atoms with E-state index in [1.165, 1.54) is 103 Å². The lowest BCUT2D eigenvalue weighted by molar-refractivity contribution is -0.206. The molecule has 1 saturated heterocycles. The van der Waals surface area contributed by atoms with Gasteiger partial charge >= 0.3 is 0 Å². The number of pyridine rings is 1. The van der Waals surface area contributed by atoms with Crippen LogP contribution in [-0.4, -0.2) is 24.8 Å². The molecule has 3 rings (SSSR count). The summed E-state index contributed by atoms with van der Waals surface area (Å²) in [5.74, 6) is 1.45. The number of hydrogen-bond donors (Lipinski definition) is 0. The van der Waals surface area contributed by atoms with E-state index >= 15 is 0 Å². The summed E-state index contributed by atoms with van der Waals surface area (Å²) in [6, 6.07) is 12.4. The number of aromatic nitrogens is 1. The van der Waals surface area contributed by atoms with Gasteiger partial charge in [-0.2, -0.15) is 0 Å². The van der Waals surface area contributed by atoms with Gasteiger partial charge in [-0.3, -0.25) is 4.98 Å². The van der Waals surface area contributed by atoms with Gasteiger partial charge < -0.3 is 14.2 Å². The molecule has 39 heavy (non-hydrogen) atoms. The summed E-state index contributed by atoms with van der Waals surface area (Å²) in [4.78, 5) is 4.69. The molecule has 0 N–H and O–H groups in total. The molecule has 0 aliphatic carbocycles. The first-order chi connectivity index (χ1) is 19.3. The van der Waals surface area contributed by atoms with Crippen molar-refractivity contribution in [2.75, 3.05) is 19.8 Å². The van der Waals surface area contributed by atoms with Crippen molar-refractivity contribution in [3.05, 3.63) is 48.2 Å². The van der Waals surface area contributed by atoms with Crippen molar-refractivity contribution in [1.82, 2.24) is 4.98 Å². The van der Waals surface area contributed by atoms with Crippen LogP contribution in [0.5, 0.6) is 5.75 Å². The topological polar surface area (TPSA) is 40.6 Å². The van der Waals surface area contributed by atoms with E-state index in [1.54, 1.807) is 0 Å². The van der Waals surface area contributed by atoms with Gasteiger partial charge in [0, 0.05) is 23.2 Å². The Morgan fingerprint density at radius 1 is 0.667 bits per heavy atom. The van der Waals surface area contributed by atoms with Crippen LogP contribution in [0.15, 0.2) is 42.6 Å². The van der Waals surface area contributed by atoms with E-state index in [1.807, 2.05) is 18.3 Å². The van der Waals surface area contributed by atoms with Gasteiger partial charge in [0.2, 0.25) is 0 Å². The monoisotopic (exact) mass is 537 g/mol. The minimum Gasteiger partial charge on any atom is -0.494 e. The molecule has 0 saturated carbocycles. The second kappa shape index (κ2) is 20.0. The van der Waals surface area contributed by atoms with Crippen LogP contribution in [0.25, 0.3) is 11.3 Å². The molecule has 0 atom stereocenters. The van der Waals surface area contributed by atoms with Gasteiger partial charge in [0.05, 0.1) is 25.5 Å². The van der Waals surface area contributed by atoms with E-state index in [0.29, 0.717) is 5.92 Å². The van der Waals surface area contributed by atoms with Gasteiger partial charge in [-0.1, -0.05) is 116 Å². The summed E-state index contributed by atoms with van der Waals surface area (Å²) in [5.41, 5.74) is 3.04. The molecular formula is C35H55NO3. The molecule has 1 aliphatic rings. The summed E-state index contributed by atoms with van der Waals surface area (Å²) >= 11 is 0. The Morgan fingerprint density at radius 3 is 1.79 bits per heavy atom. The third-order valence-corrected chi connectivity index (χ3v) is 7.91. The van der Waals surface area contributed by atoms with Crippen molar-refractivity contribution >= 4 is 0 Å². The van der Waals surface area contributed by atoms with Crippen LogP contribution in [-0.2, 0) is 9.47 Å². The van der Waals surface area contributed by atoms with Crippen LogP contribution in [0.2, 0.25) is 0 Å². The summed E-state index contributed by atoms with van der Waals surface area (Å²) in [7, 11) is 0. The summed E-state index contributed by atoms with van der Waals surface area (Å²) in [6.45, 7) is 6.89. The number of ether oxygens (including phenoxy) is 3. The minimum atomic E-state index is -0.298. The van der Waals surface area contributed by atoms with Crippen molar-refractivity contribution in [3.8, 4) is 17.0 Å². The Kier molecular flexibility index (Phi) is 16.2. The molecule has 218 valence electrons. The highest BCUT2D eigenvalue weighted by molar-refractivity contribution is 5.60. The fraction of sp³-hybridized carbons (Fsp3) is 0.686. The lowest BCUT2D eigenvalue weighted by Gasteiger charge is -2.29. The summed E-state index contributed by atoms with van der Waals surface area (Å²) < 4.78 is 18.1. The third kappa shape index (κ3) is 12.9.